The summed E-state index contributed by atoms with van der Waals surface area (Å²) >= 11 is 2.04. The summed E-state index contributed by atoms with van der Waals surface area (Å²) in [5.74, 6) is 4.27. The van der Waals surface area contributed by atoms with Gasteiger partial charge in [-0.3, -0.25) is 4.90 Å². The van der Waals surface area contributed by atoms with E-state index in [4.69, 9.17) is 14.1 Å². The second kappa shape index (κ2) is 10.9. The van der Waals surface area contributed by atoms with Crippen molar-refractivity contribution in [3.05, 3.63) is 65.0 Å². The number of aromatic nitrogens is 1. The molecule has 194 valence electrons. The molecule has 2 aromatic carbocycles. The molecule has 1 N–H and O–H groups in total. The smallest absolute Gasteiger partial charge is 0.226 e. The highest BCUT2D eigenvalue weighted by atomic mass is 32.2. The molecule has 2 heterocycles. The Hall–Kier alpha value is -2.44. The van der Waals surface area contributed by atoms with Crippen LogP contribution >= 0.6 is 11.8 Å². The molecular weight excluding hydrogens is 468 g/mol. The minimum absolute atomic E-state index is 0.203. The van der Waals surface area contributed by atoms with Crippen LogP contribution in [0.15, 0.2) is 47.1 Å². The van der Waals surface area contributed by atoms with E-state index >= 15 is 0 Å². The molecule has 0 amide bonds. The van der Waals surface area contributed by atoms with E-state index in [2.05, 4.69) is 70.7 Å². The monoisotopic (exact) mass is 508 g/mol. The number of phenolic OH excluding ortho intramolecular Hbond substituents is 1. The molecule has 1 saturated heterocycles. The molecule has 0 radical (unpaired) electrons. The number of rotatable bonds is 7. The number of phenols is 1. The normalized spacial score (nSPS) is 15.3. The Morgan fingerprint density at radius 1 is 0.972 bits per heavy atom. The highest BCUT2D eigenvalue weighted by Gasteiger charge is 2.27. The highest BCUT2D eigenvalue weighted by Crippen LogP contribution is 2.41. The molecule has 1 aliphatic rings. The fraction of sp³-hybridized carbons (Fsp3) is 0.500. The number of thioether (sulfide) groups is 1. The zero-order chi connectivity index (χ0) is 25.9. The Labute approximate surface area is 220 Å². The number of hydrogen-bond donors (Lipinski definition) is 1. The van der Waals surface area contributed by atoms with Crippen molar-refractivity contribution in [2.75, 3.05) is 31.2 Å². The molecule has 0 saturated carbocycles. The summed E-state index contributed by atoms with van der Waals surface area (Å²) < 4.78 is 11.8. The Morgan fingerprint density at radius 3 is 2.17 bits per heavy atom. The summed E-state index contributed by atoms with van der Waals surface area (Å²) in [5, 5.41) is 11.0. The first-order valence-corrected chi connectivity index (χ1v) is 14.0. The lowest BCUT2D eigenvalue weighted by molar-refractivity contribution is 0.294. The van der Waals surface area contributed by atoms with E-state index in [-0.39, 0.29) is 10.8 Å². The van der Waals surface area contributed by atoms with Crippen molar-refractivity contribution in [2.45, 2.75) is 65.3 Å². The Balaban J connectivity index is 1.39. The average Bonchev–Trinajstić information content (AvgIpc) is 3.28. The number of benzene rings is 2. The zero-order valence-electron chi connectivity index (χ0n) is 22.6. The van der Waals surface area contributed by atoms with E-state index in [9.17, 15) is 5.11 Å². The zero-order valence-corrected chi connectivity index (χ0v) is 23.4. The standard InChI is InChI=1S/C30H40N2O3S/c1-29(2,3)25-17-22(18-26(27(25)33)30(4,5)6)28-31-23(20-35-28)11-14-34-24-9-7-21(8-10-24)19-32-12-15-36-16-13-32/h7-10,17-18,20,33H,11-16,19H2,1-6H3. The Kier molecular flexibility index (Phi) is 8.06. The van der Waals surface area contributed by atoms with E-state index in [1.165, 1.54) is 30.2 Å². The van der Waals surface area contributed by atoms with Crippen molar-refractivity contribution in [2.24, 2.45) is 0 Å². The maximum atomic E-state index is 11.0. The quantitative estimate of drug-likeness (QED) is 0.378. The van der Waals surface area contributed by atoms with E-state index < -0.39 is 0 Å². The van der Waals surface area contributed by atoms with Crippen LogP contribution in [0.25, 0.3) is 11.5 Å². The third-order valence-corrected chi connectivity index (χ3v) is 7.53. The fourth-order valence-corrected chi connectivity index (χ4v) is 5.42. The van der Waals surface area contributed by atoms with Gasteiger partial charge in [0.15, 0.2) is 0 Å². The fourth-order valence-electron chi connectivity index (χ4n) is 4.44. The van der Waals surface area contributed by atoms with E-state index in [0.717, 1.165) is 34.7 Å². The largest absolute Gasteiger partial charge is 0.507 e. The van der Waals surface area contributed by atoms with Crippen LogP contribution in [0.1, 0.15) is 63.9 Å². The van der Waals surface area contributed by atoms with Gasteiger partial charge in [-0.2, -0.15) is 11.8 Å². The Bertz CT molecular complexity index is 1120. The number of aromatic hydroxyl groups is 1. The molecule has 1 aliphatic heterocycles. The Morgan fingerprint density at radius 2 is 1.58 bits per heavy atom. The molecule has 0 atom stereocenters. The van der Waals surface area contributed by atoms with Crippen LogP contribution in [0.2, 0.25) is 0 Å². The SMILES string of the molecule is CC(C)(C)c1cc(-c2nc(CCOc3ccc(CN4CCSCC4)cc3)co2)cc(C(C)(C)C)c1O. The molecule has 0 aliphatic carbocycles. The molecule has 4 rings (SSSR count). The maximum Gasteiger partial charge on any atom is 0.226 e. The lowest BCUT2D eigenvalue weighted by atomic mass is 9.78. The van der Waals surface area contributed by atoms with Crippen molar-refractivity contribution in [1.29, 1.82) is 0 Å². The molecule has 36 heavy (non-hydrogen) atoms. The first kappa shape index (κ1) is 26.6. The second-order valence-corrected chi connectivity index (χ2v) is 12.9. The minimum Gasteiger partial charge on any atom is -0.507 e. The van der Waals surface area contributed by atoms with Crippen molar-refractivity contribution in [3.8, 4) is 23.0 Å². The van der Waals surface area contributed by atoms with Gasteiger partial charge in [-0.05, 0) is 40.7 Å². The van der Waals surface area contributed by atoms with Crippen LogP contribution in [-0.4, -0.2) is 46.2 Å². The highest BCUT2D eigenvalue weighted by molar-refractivity contribution is 7.99. The minimum atomic E-state index is -0.203. The number of ether oxygens (including phenoxy) is 1. The van der Waals surface area contributed by atoms with Gasteiger partial charge in [0.2, 0.25) is 5.89 Å². The van der Waals surface area contributed by atoms with Crippen LogP contribution in [0.3, 0.4) is 0 Å². The predicted octanol–water partition coefficient (Wildman–Crippen LogP) is 6.81. The lowest BCUT2D eigenvalue weighted by Gasteiger charge is -2.27. The van der Waals surface area contributed by atoms with E-state index in [1.807, 2.05) is 23.9 Å². The van der Waals surface area contributed by atoms with E-state index in [1.54, 1.807) is 6.26 Å². The number of hydrogen-bond acceptors (Lipinski definition) is 6. The first-order valence-electron chi connectivity index (χ1n) is 12.9. The molecular formula is C30H40N2O3S. The molecule has 3 aromatic rings. The molecule has 0 spiro atoms. The number of oxazole rings is 1. The van der Waals surface area contributed by atoms with Gasteiger partial charge in [0.1, 0.15) is 17.8 Å². The van der Waals surface area contributed by atoms with Gasteiger partial charge < -0.3 is 14.3 Å². The maximum absolute atomic E-state index is 11.0. The number of nitrogens with zero attached hydrogens (tertiary/aromatic N) is 2. The van der Waals surface area contributed by atoms with Crippen molar-refractivity contribution in [1.82, 2.24) is 9.88 Å². The summed E-state index contributed by atoms with van der Waals surface area (Å²) in [6, 6.07) is 12.4. The first-order chi connectivity index (χ1) is 17.0. The van der Waals surface area contributed by atoms with Gasteiger partial charge >= 0.3 is 0 Å². The summed E-state index contributed by atoms with van der Waals surface area (Å²) in [6.07, 6.45) is 2.37. The molecule has 6 heteroatoms. The summed E-state index contributed by atoms with van der Waals surface area (Å²) in [7, 11) is 0. The van der Waals surface area contributed by atoms with Crippen molar-refractivity contribution < 1.29 is 14.3 Å². The van der Waals surface area contributed by atoms with Crippen LogP contribution < -0.4 is 4.74 Å². The van der Waals surface area contributed by atoms with Crippen molar-refractivity contribution in [3.63, 3.8) is 0 Å². The summed E-state index contributed by atoms with van der Waals surface area (Å²) in [4.78, 5) is 7.24. The summed E-state index contributed by atoms with van der Waals surface area (Å²) in [6.45, 7) is 16.5. The molecule has 1 aromatic heterocycles. The summed E-state index contributed by atoms with van der Waals surface area (Å²) in [5.41, 5.74) is 4.46. The van der Waals surface area contributed by atoms with Gasteiger partial charge in [-0.25, -0.2) is 4.98 Å². The van der Waals surface area contributed by atoms with Crippen molar-refractivity contribution >= 4 is 11.8 Å². The van der Waals surface area contributed by atoms with Crippen LogP contribution in [-0.2, 0) is 23.8 Å². The molecule has 1 fully saturated rings. The topological polar surface area (TPSA) is 58.7 Å². The van der Waals surface area contributed by atoms with Crippen LogP contribution in [0.5, 0.6) is 11.5 Å². The van der Waals surface area contributed by atoms with Gasteiger partial charge in [-0.1, -0.05) is 53.7 Å². The third kappa shape index (κ3) is 6.65. The second-order valence-electron chi connectivity index (χ2n) is 11.7. The lowest BCUT2D eigenvalue weighted by Crippen LogP contribution is -2.31. The molecule has 0 unspecified atom stereocenters. The average molecular weight is 509 g/mol. The molecule has 0 bridgehead atoms. The van der Waals surface area contributed by atoms with Gasteiger partial charge in [0, 0.05) is 54.3 Å². The van der Waals surface area contributed by atoms with Gasteiger partial charge in [0.25, 0.3) is 0 Å². The van der Waals surface area contributed by atoms with E-state index in [0.29, 0.717) is 24.7 Å². The van der Waals surface area contributed by atoms with Crippen LogP contribution in [0.4, 0.5) is 0 Å². The third-order valence-electron chi connectivity index (χ3n) is 6.58. The predicted molar refractivity (Wildman–Crippen MR) is 149 cm³/mol. The van der Waals surface area contributed by atoms with Gasteiger partial charge in [-0.15, -0.1) is 0 Å². The van der Waals surface area contributed by atoms with Gasteiger partial charge in [0.05, 0.1) is 12.3 Å². The molecule has 5 nitrogen and oxygen atoms in total. The van der Waals surface area contributed by atoms with Crippen LogP contribution in [0, 0.1) is 0 Å².